The molecule has 0 aromatic carbocycles. The number of hydrogen-bond donors (Lipinski definition) is 2. The average Bonchev–Trinajstić information content (AvgIpc) is 2.34. The van der Waals surface area contributed by atoms with Gasteiger partial charge in [-0.25, -0.2) is 4.79 Å². The van der Waals surface area contributed by atoms with Crippen LogP contribution in [0.1, 0.15) is 52.9 Å². The van der Waals surface area contributed by atoms with Crippen LogP contribution in [0.25, 0.3) is 0 Å². The first-order chi connectivity index (χ1) is 9.00. The second kappa shape index (κ2) is 8.02. The smallest absolute Gasteiger partial charge is 0.315 e. The number of hydrogen-bond acceptors (Lipinski definition) is 2. The lowest BCUT2D eigenvalue weighted by atomic mass is 9.96. The van der Waals surface area contributed by atoms with E-state index in [1.165, 1.54) is 19.3 Å². The zero-order valence-corrected chi connectivity index (χ0v) is 12.4. The van der Waals surface area contributed by atoms with E-state index in [1.807, 2.05) is 13.8 Å². The first-order valence-corrected chi connectivity index (χ1v) is 7.32. The number of carbonyl (C=O) groups excluding carboxylic acids is 2. The van der Waals surface area contributed by atoms with Gasteiger partial charge in [-0.2, -0.15) is 0 Å². The summed E-state index contributed by atoms with van der Waals surface area (Å²) in [6.07, 6.45) is 5.85. The Kier molecular flexibility index (Phi) is 6.67. The molecule has 1 saturated carbocycles. The highest BCUT2D eigenvalue weighted by atomic mass is 16.2. The largest absolute Gasteiger partial charge is 0.339 e. The van der Waals surface area contributed by atoms with Gasteiger partial charge in [0.2, 0.25) is 5.91 Å². The standard InChI is InChI=1S/C14H27N3O2/c1-11(2)17(12(3)18)10-9-15-14(19)16-13-7-5-4-6-8-13/h11,13H,4-10H2,1-3H3,(H2,15,16,19). The summed E-state index contributed by atoms with van der Waals surface area (Å²) in [5.74, 6) is 0.0458. The summed E-state index contributed by atoms with van der Waals surface area (Å²) in [5, 5.41) is 5.82. The zero-order valence-electron chi connectivity index (χ0n) is 12.4. The molecule has 1 aliphatic carbocycles. The minimum absolute atomic E-state index is 0.0458. The number of urea groups is 1. The second-order valence-corrected chi connectivity index (χ2v) is 5.54. The van der Waals surface area contributed by atoms with Gasteiger partial charge < -0.3 is 15.5 Å². The Morgan fingerprint density at radius 1 is 1.21 bits per heavy atom. The van der Waals surface area contributed by atoms with Crippen LogP contribution in [0.15, 0.2) is 0 Å². The van der Waals surface area contributed by atoms with Crippen LogP contribution in [0.3, 0.4) is 0 Å². The van der Waals surface area contributed by atoms with E-state index >= 15 is 0 Å². The van der Waals surface area contributed by atoms with Crippen molar-refractivity contribution in [1.29, 1.82) is 0 Å². The SMILES string of the molecule is CC(=O)N(CCNC(=O)NC1CCCCC1)C(C)C. The number of nitrogens with one attached hydrogen (secondary N) is 2. The van der Waals surface area contributed by atoms with E-state index in [1.54, 1.807) is 11.8 Å². The van der Waals surface area contributed by atoms with E-state index < -0.39 is 0 Å². The molecule has 0 heterocycles. The van der Waals surface area contributed by atoms with E-state index in [4.69, 9.17) is 0 Å². The van der Waals surface area contributed by atoms with Crippen LogP contribution in [0.2, 0.25) is 0 Å². The Labute approximate surface area is 116 Å². The highest BCUT2D eigenvalue weighted by molar-refractivity contribution is 5.75. The molecule has 0 aliphatic heterocycles. The fourth-order valence-electron chi connectivity index (χ4n) is 2.55. The van der Waals surface area contributed by atoms with Crippen LogP contribution in [0.4, 0.5) is 4.79 Å². The Bertz CT molecular complexity index is 299. The highest BCUT2D eigenvalue weighted by Crippen LogP contribution is 2.17. The van der Waals surface area contributed by atoms with Crippen molar-refractivity contribution in [2.75, 3.05) is 13.1 Å². The lowest BCUT2D eigenvalue weighted by molar-refractivity contribution is -0.130. The van der Waals surface area contributed by atoms with Gasteiger partial charge in [0.15, 0.2) is 0 Å². The summed E-state index contributed by atoms with van der Waals surface area (Å²) in [5.41, 5.74) is 0. The van der Waals surface area contributed by atoms with E-state index in [2.05, 4.69) is 10.6 Å². The van der Waals surface area contributed by atoms with E-state index in [-0.39, 0.29) is 18.0 Å². The van der Waals surface area contributed by atoms with Crippen LogP contribution in [0.5, 0.6) is 0 Å². The maximum atomic E-state index is 11.7. The molecule has 110 valence electrons. The minimum atomic E-state index is -0.112. The molecule has 19 heavy (non-hydrogen) atoms. The minimum Gasteiger partial charge on any atom is -0.339 e. The molecule has 1 aliphatic rings. The molecule has 0 bridgehead atoms. The number of amides is 3. The van der Waals surface area contributed by atoms with Crippen LogP contribution < -0.4 is 10.6 Å². The fraction of sp³-hybridized carbons (Fsp3) is 0.857. The second-order valence-electron chi connectivity index (χ2n) is 5.54. The van der Waals surface area contributed by atoms with Crippen molar-refractivity contribution in [2.24, 2.45) is 0 Å². The quantitative estimate of drug-likeness (QED) is 0.800. The summed E-state index contributed by atoms with van der Waals surface area (Å²) >= 11 is 0. The molecule has 0 unspecified atom stereocenters. The van der Waals surface area contributed by atoms with E-state index in [0.717, 1.165) is 12.8 Å². The van der Waals surface area contributed by atoms with E-state index in [0.29, 0.717) is 19.1 Å². The van der Waals surface area contributed by atoms with Gasteiger partial charge in [-0.1, -0.05) is 19.3 Å². The van der Waals surface area contributed by atoms with Crippen LogP contribution in [-0.2, 0) is 4.79 Å². The summed E-state index contributed by atoms with van der Waals surface area (Å²) in [6, 6.07) is 0.377. The molecule has 0 radical (unpaired) electrons. The molecule has 5 nitrogen and oxygen atoms in total. The third kappa shape index (κ3) is 5.94. The fourth-order valence-corrected chi connectivity index (χ4v) is 2.55. The number of rotatable bonds is 5. The van der Waals surface area contributed by atoms with Gasteiger partial charge in [-0.15, -0.1) is 0 Å². The summed E-state index contributed by atoms with van der Waals surface area (Å²) < 4.78 is 0. The van der Waals surface area contributed by atoms with E-state index in [9.17, 15) is 9.59 Å². The first kappa shape index (κ1) is 15.8. The van der Waals surface area contributed by atoms with Crippen LogP contribution in [0, 0.1) is 0 Å². The Morgan fingerprint density at radius 2 is 1.84 bits per heavy atom. The van der Waals surface area contributed by atoms with Crippen molar-refractivity contribution in [2.45, 2.75) is 65.0 Å². The van der Waals surface area contributed by atoms with Gasteiger partial charge in [0, 0.05) is 32.1 Å². The molecule has 1 fully saturated rings. The lowest BCUT2D eigenvalue weighted by Gasteiger charge is -2.26. The average molecular weight is 269 g/mol. The van der Waals surface area contributed by atoms with Crippen LogP contribution >= 0.6 is 0 Å². The van der Waals surface area contributed by atoms with Gasteiger partial charge in [0.25, 0.3) is 0 Å². The van der Waals surface area contributed by atoms with Gasteiger partial charge in [0.1, 0.15) is 0 Å². The molecule has 2 N–H and O–H groups in total. The van der Waals surface area contributed by atoms with Gasteiger partial charge in [0.05, 0.1) is 0 Å². The maximum Gasteiger partial charge on any atom is 0.315 e. The third-order valence-electron chi connectivity index (χ3n) is 3.61. The first-order valence-electron chi connectivity index (χ1n) is 7.32. The summed E-state index contributed by atoms with van der Waals surface area (Å²) in [4.78, 5) is 24.8. The van der Waals surface area contributed by atoms with Gasteiger partial charge in [-0.05, 0) is 26.7 Å². The Hall–Kier alpha value is -1.26. The van der Waals surface area contributed by atoms with Crippen molar-refractivity contribution in [3.8, 4) is 0 Å². The third-order valence-corrected chi connectivity index (χ3v) is 3.61. The Balaban J connectivity index is 2.20. The zero-order chi connectivity index (χ0) is 14.3. The predicted octanol–water partition coefficient (Wildman–Crippen LogP) is 1.88. The molecular weight excluding hydrogens is 242 g/mol. The molecule has 0 aromatic heterocycles. The van der Waals surface area contributed by atoms with Crippen molar-refractivity contribution >= 4 is 11.9 Å². The monoisotopic (exact) mass is 269 g/mol. The van der Waals surface area contributed by atoms with Crippen molar-refractivity contribution in [3.05, 3.63) is 0 Å². The Morgan fingerprint density at radius 3 is 2.37 bits per heavy atom. The maximum absolute atomic E-state index is 11.7. The molecule has 0 saturated heterocycles. The van der Waals surface area contributed by atoms with Crippen molar-refractivity contribution < 1.29 is 9.59 Å². The molecule has 3 amide bonds. The van der Waals surface area contributed by atoms with Crippen molar-refractivity contribution in [1.82, 2.24) is 15.5 Å². The number of nitrogens with zero attached hydrogens (tertiary/aromatic N) is 1. The highest BCUT2D eigenvalue weighted by Gasteiger charge is 2.16. The molecular formula is C14H27N3O2. The molecule has 1 rings (SSSR count). The van der Waals surface area contributed by atoms with Gasteiger partial charge in [-0.3, -0.25) is 4.79 Å². The molecule has 0 spiro atoms. The van der Waals surface area contributed by atoms with Gasteiger partial charge >= 0.3 is 6.03 Å². The van der Waals surface area contributed by atoms with Crippen molar-refractivity contribution in [3.63, 3.8) is 0 Å². The molecule has 0 atom stereocenters. The normalized spacial score (nSPS) is 16.2. The topological polar surface area (TPSA) is 61.4 Å². The summed E-state index contributed by atoms with van der Waals surface area (Å²) in [6.45, 7) is 6.57. The molecule has 0 aromatic rings. The van der Waals surface area contributed by atoms with Crippen LogP contribution in [-0.4, -0.2) is 42.0 Å². The summed E-state index contributed by atoms with van der Waals surface area (Å²) in [7, 11) is 0. The molecule has 5 heteroatoms. The number of carbonyl (C=O) groups is 2. The lowest BCUT2D eigenvalue weighted by Crippen LogP contribution is -2.46. The predicted molar refractivity (Wildman–Crippen MR) is 75.9 cm³/mol.